The Balaban J connectivity index is 1.90. The normalized spacial score (nSPS) is 11.3. The molecule has 0 unspecified atom stereocenters. The topological polar surface area (TPSA) is 111 Å². The van der Waals surface area contributed by atoms with Crippen LogP contribution in [0.1, 0.15) is 5.56 Å². The van der Waals surface area contributed by atoms with Crippen LogP contribution in [0.3, 0.4) is 0 Å². The van der Waals surface area contributed by atoms with E-state index in [1.165, 1.54) is 24.3 Å². The van der Waals surface area contributed by atoms with Crippen LogP contribution in [0.2, 0.25) is 0 Å². The second kappa shape index (κ2) is 9.16. The Bertz CT molecular complexity index is 766. The van der Waals surface area contributed by atoms with Gasteiger partial charge in [-0.2, -0.15) is 0 Å². The molecular weight excluding hydrogens is 341 g/mol. The van der Waals surface area contributed by atoms with E-state index in [4.69, 9.17) is 10.5 Å². The number of halogens is 1. The van der Waals surface area contributed by atoms with E-state index in [2.05, 4.69) is 10.6 Å². The number of benzene rings is 2. The second-order valence-electron chi connectivity index (χ2n) is 5.41. The van der Waals surface area contributed by atoms with Crippen LogP contribution in [0.25, 0.3) is 0 Å². The first-order chi connectivity index (χ1) is 12.4. The van der Waals surface area contributed by atoms with Crippen LogP contribution in [-0.2, 0) is 20.7 Å². The number of nitrogens with one attached hydrogen (secondary N) is 2. The van der Waals surface area contributed by atoms with Gasteiger partial charge in [0.15, 0.2) is 6.61 Å². The molecule has 3 amide bonds. The molecule has 0 bridgehead atoms. The van der Waals surface area contributed by atoms with E-state index in [9.17, 15) is 18.8 Å². The first kappa shape index (κ1) is 18.9. The smallest absolute Gasteiger partial charge is 0.329 e. The van der Waals surface area contributed by atoms with Crippen molar-refractivity contribution in [1.29, 1.82) is 0 Å². The Hall–Kier alpha value is -3.42. The van der Waals surface area contributed by atoms with Crippen LogP contribution in [0.5, 0.6) is 0 Å². The molecule has 0 radical (unpaired) electrons. The summed E-state index contributed by atoms with van der Waals surface area (Å²) in [4.78, 5) is 35.1. The molecule has 1 atom stereocenters. The summed E-state index contributed by atoms with van der Waals surface area (Å²) in [6, 6.07) is 12.2. The number of anilines is 1. The highest BCUT2D eigenvalue weighted by atomic mass is 19.1. The minimum atomic E-state index is -1.02. The number of nitrogens with two attached hydrogens (primary N) is 1. The molecule has 0 aromatic heterocycles. The van der Waals surface area contributed by atoms with Gasteiger partial charge < -0.3 is 21.1 Å². The van der Waals surface area contributed by atoms with Crippen molar-refractivity contribution in [1.82, 2.24) is 5.32 Å². The van der Waals surface area contributed by atoms with Crippen molar-refractivity contribution in [2.75, 3.05) is 11.9 Å². The summed E-state index contributed by atoms with van der Waals surface area (Å²) < 4.78 is 17.8. The van der Waals surface area contributed by atoms with E-state index in [1.54, 1.807) is 24.3 Å². The highest BCUT2D eigenvalue weighted by molar-refractivity contribution is 5.93. The number of amides is 3. The van der Waals surface area contributed by atoms with Gasteiger partial charge in [-0.05, 0) is 29.8 Å². The van der Waals surface area contributed by atoms with E-state index < -0.39 is 36.4 Å². The van der Waals surface area contributed by atoms with Crippen molar-refractivity contribution in [2.24, 2.45) is 5.73 Å². The third-order valence-corrected chi connectivity index (χ3v) is 3.36. The van der Waals surface area contributed by atoms with Crippen LogP contribution in [-0.4, -0.2) is 30.6 Å². The van der Waals surface area contributed by atoms with Crippen molar-refractivity contribution in [2.45, 2.75) is 12.5 Å². The number of carbonyl (C=O) groups is 3. The van der Waals surface area contributed by atoms with E-state index in [1.807, 2.05) is 6.07 Å². The van der Waals surface area contributed by atoms with Gasteiger partial charge in [0.2, 0.25) is 0 Å². The molecule has 0 heterocycles. The van der Waals surface area contributed by atoms with Crippen LogP contribution < -0.4 is 16.4 Å². The quantitative estimate of drug-likeness (QED) is 0.652. The monoisotopic (exact) mass is 359 g/mol. The van der Waals surface area contributed by atoms with Gasteiger partial charge in [-0.3, -0.25) is 4.79 Å². The third kappa shape index (κ3) is 6.23. The standard InChI is InChI=1S/C18H18FN3O4/c19-13-6-8-14(9-7-13)21-16(23)11-26-17(24)15(22-18(20)25)10-12-4-2-1-3-5-12/h1-9,15H,10-11H2,(H,21,23)(H3,20,22,25)/t15-/m0/s1. The number of hydrogen-bond acceptors (Lipinski definition) is 4. The van der Waals surface area contributed by atoms with Crippen molar-refractivity contribution < 1.29 is 23.5 Å². The lowest BCUT2D eigenvalue weighted by Gasteiger charge is -2.16. The summed E-state index contributed by atoms with van der Waals surface area (Å²) in [5.74, 6) is -1.82. The second-order valence-corrected chi connectivity index (χ2v) is 5.41. The fourth-order valence-corrected chi connectivity index (χ4v) is 2.18. The van der Waals surface area contributed by atoms with E-state index in [-0.39, 0.29) is 6.42 Å². The molecule has 26 heavy (non-hydrogen) atoms. The van der Waals surface area contributed by atoms with Crippen molar-refractivity contribution >= 4 is 23.6 Å². The molecule has 136 valence electrons. The fourth-order valence-electron chi connectivity index (χ4n) is 2.18. The number of rotatable bonds is 7. The lowest BCUT2D eigenvalue weighted by Crippen LogP contribution is -2.46. The minimum absolute atomic E-state index is 0.169. The van der Waals surface area contributed by atoms with Crippen LogP contribution >= 0.6 is 0 Å². The highest BCUT2D eigenvalue weighted by Gasteiger charge is 2.22. The summed E-state index contributed by atoms with van der Waals surface area (Å²) in [5.41, 5.74) is 6.24. The van der Waals surface area contributed by atoms with Gasteiger partial charge in [-0.25, -0.2) is 14.0 Å². The largest absolute Gasteiger partial charge is 0.454 e. The summed E-state index contributed by atoms with van der Waals surface area (Å²) in [6.45, 7) is -0.554. The highest BCUT2D eigenvalue weighted by Crippen LogP contribution is 2.08. The maximum absolute atomic E-state index is 12.8. The molecule has 0 saturated carbocycles. The molecule has 2 rings (SSSR count). The minimum Gasteiger partial charge on any atom is -0.454 e. The summed E-state index contributed by atoms with van der Waals surface area (Å²) in [5, 5.41) is 4.76. The molecule has 0 aliphatic carbocycles. The molecule has 7 nitrogen and oxygen atoms in total. The van der Waals surface area contributed by atoms with Gasteiger partial charge in [0.25, 0.3) is 5.91 Å². The molecule has 0 aliphatic rings. The Kier molecular flexibility index (Phi) is 6.67. The van der Waals surface area contributed by atoms with Gasteiger partial charge in [0.1, 0.15) is 11.9 Å². The van der Waals surface area contributed by atoms with Gasteiger partial charge in [-0.1, -0.05) is 30.3 Å². The molecule has 0 saturated heterocycles. The van der Waals surface area contributed by atoms with E-state index in [0.29, 0.717) is 5.69 Å². The molecule has 0 spiro atoms. The predicted octanol–water partition coefficient (Wildman–Crippen LogP) is 1.59. The lowest BCUT2D eigenvalue weighted by atomic mass is 10.1. The zero-order chi connectivity index (χ0) is 18.9. The summed E-state index contributed by atoms with van der Waals surface area (Å²) in [7, 11) is 0. The van der Waals surface area contributed by atoms with Gasteiger partial charge in [-0.15, -0.1) is 0 Å². The van der Waals surface area contributed by atoms with Gasteiger partial charge in [0, 0.05) is 12.1 Å². The summed E-state index contributed by atoms with van der Waals surface area (Å²) in [6.07, 6.45) is 0.169. The average Bonchev–Trinajstić information content (AvgIpc) is 2.61. The number of hydrogen-bond donors (Lipinski definition) is 3. The Morgan fingerprint density at radius 1 is 1.04 bits per heavy atom. The molecule has 2 aromatic carbocycles. The van der Waals surface area contributed by atoms with E-state index in [0.717, 1.165) is 5.56 Å². The Labute approximate surface area is 149 Å². The number of primary amides is 1. The summed E-state index contributed by atoms with van der Waals surface area (Å²) >= 11 is 0. The third-order valence-electron chi connectivity index (χ3n) is 3.36. The maximum Gasteiger partial charge on any atom is 0.329 e. The van der Waals surface area contributed by atoms with Crippen LogP contribution in [0.4, 0.5) is 14.9 Å². The average molecular weight is 359 g/mol. The number of carbonyl (C=O) groups excluding carboxylic acids is 3. The Morgan fingerprint density at radius 2 is 1.69 bits per heavy atom. The molecule has 0 aliphatic heterocycles. The zero-order valence-electron chi connectivity index (χ0n) is 13.8. The Morgan fingerprint density at radius 3 is 2.31 bits per heavy atom. The molecule has 8 heteroatoms. The molecule has 2 aromatic rings. The predicted molar refractivity (Wildman–Crippen MR) is 92.6 cm³/mol. The fraction of sp³-hybridized carbons (Fsp3) is 0.167. The molecule has 4 N–H and O–H groups in total. The first-order valence-electron chi connectivity index (χ1n) is 7.76. The number of ether oxygens (including phenoxy) is 1. The van der Waals surface area contributed by atoms with Crippen molar-refractivity contribution in [3.05, 3.63) is 66.0 Å². The maximum atomic E-state index is 12.8. The lowest BCUT2D eigenvalue weighted by molar-refractivity contribution is -0.149. The van der Waals surface area contributed by atoms with Crippen molar-refractivity contribution in [3.63, 3.8) is 0 Å². The SMILES string of the molecule is NC(=O)N[C@@H](Cc1ccccc1)C(=O)OCC(=O)Nc1ccc(F)cc1. The van der Waals surface area contributed by atoms with E-state index >= 15 is 0 Å². The molecule has 0 fully saturated rings. The van der Waals surface area contributed by atoms with Crippen LogP contribution in [0.15, 0.2) is 54.6 Å². The van der Waals surface area contributed by atoms with Gasteiger partial charge >= 0.3 is 12.0 Å². The zero-order valence-corrected chi connectivity index (χ0v) is 13.8. The van der Waals surface area contributed by atoms with Crippen molar-refractivity contribution in [3.8, 4) is 0 Å². The number of esters is 1. The molecular formula is C18H18FN3O4. The van der Waals surface area contributed by atoms with Crippen LogP contribution in [0, 0.1) is 5.82 Å². The first-order valence-corrected chi connectivity index (χ1v) is 7.76. The van der Waals surface area contributed by atoms with Gasteiger partial charge in [0.05, 0.1) is 0 Å². The number of urea groups is 1.